The number of likely N-dealkylation sites (N-methyl/N-ethyl adjacent to an activating group) is 1. The number of carbonyl (C=O) groups excluding carboxylic acids is 2. The SMILES string of the molecule is CCN(CC)CC(c1ccccc1C(F)(F)F)N1CCN(C(=O)C(Cc2ccc(Cl)cc2)NC(=O)C2Cc3ccccc3CN2)CC1. The van der Waals surface area contributed by atoms with Gasteiger partial charge in [-0.1, -0.05) is 80.0 Å². The molecule has 0 aromatic heterocycles. The molecule has 11 heteroatoms. The lowest BCUT2D eigenvalue weighted by Crippen LogP contribution is -2.58. The van der Waals surface area contributed by atoms with E-state index in [0.717, 1.165) is 22.8 Å². The van der Waals surface area contributed by atoms with Crippen molar-refractivity contribution in [3.63, 3.8) is 0 Å². The zero-order valence-electron chi connectivity index (χ0n) is 26.9. The van der Waals surface area contributed by atoms with Crippen LogP contribution in [0.25, 0.3) is 0 Å². The van der Waals surface area contributed by atoms with Crippen LogP contribution in [0.3, 0.4) is 0 Å². The Kier molecular flexibility index (Phi) is 11.6. The Labute approximate surface area is 280 Å². The molecule has 47 heavy (non-hydrogen) atoms. The summed E-state index contributed by atoms with van der Waals surface area (Å²) in [6, 6.07) is 19.2. The standard InChI is InChI=1S/C36H43ClF3N5O2/c1-3-43(4-2)24-33(29-11-7-8-12-30(29)36(38,39)40)44-17-19-45(20-18-44)35(47)32(21-25-13-15-28(37)16-14-25)42-34(46)31-22-26-9-5-6-10-27(26)23-41-31/h5-16,31-33,41H,3-4,17-24H2,1-2H3,(H,42,46). The number of halogens is 4. The zero-order chi connectivity index (χ0) is 33.6. The topological polar surface area (TPSA) is 67.9 Å². The highest BCUT2D eigenvalue weighted by molar-refractivity contribution is 6.30. The van der Waals surface area contributed by atoms with Crippen LogP contribution in [0.4, 0.5) is 13.2 Å². The van der Waals surface area contributed by atoms with Crippen LogP contribution in [0.2, 0.25) is 5.02 Å². The van der Waals surface area contributed by atoms with Crippen LogP contribution < -0.4 is 10.6 Å². The summed E-state index contributed by atoms with van der Waals surface area (Å²) in [6.45, 7) is 7.94. The van der Waals surface area contributed by atoms with Gasteiger partial charge in [0.25, 0.3) is 0 Å². The number of carbonyl (C=O) groups is 2. The van der Waals surface area contributed by atoms with Gasteiger partial charge in [0.1, 0.15) is 6.04 Å². The second-order valence-electron chi connectivity index (χ2n) is 12.2. The molecule has 2 aliphatic rings. The average molecular weight is 670 g/mol. The van der Waals surface area contributed by atoms with Crippen LogP contribution in [-0.4, -0.2) is 84.4 Å². The lowest BCUT2D eigenvalue weighted by molar-refractivity contribution is -0.139. The molecule has 0 saturated carbocycles. The van der Waals surface area contributed by atoms with Gasteiger partial charge in [0.15, 0.2) is 0 Å². The zero-order valence-corrected chi connectivity index (χ0v) is 27.7. The molecule has 0 radical (unpaired) electrons. The third kappa shape index (κ3) is 8.73. The summed E-state index contributed by atoms with van der Waals surface area (Å²) >= 11 is 6.10. The summed E-state index contributed by atoms with van der Waals surface area (Å²) in [5.74, 6) is -0.450. The second-order valence-corrected chi connectivity index (χ2v) is 12.7. The molecule has 0 aliphatic carbocycles. The van der Waals surface area contributed by atoms with E-state index in [0.29, 0.717) is 63.8 Å². The predicted octanol–water partition coefficient (Wildman–Crippen LogP) is 5.33. The molecule has 3 atom stereocenters. The Morgan fingerprint density at radius 3 is 2.23 bits per heavy atom. The smallest absolute Gasteiger partial charge is 0.343 e. The van der Waals surface area contributed by atoms with Crippen LogP contribution in [0.5, 0.6) is 0 Å². The summed E-state index contributed by atoms with van der Waals surface area (Å²) in [5, 5.41) is 6.91. The van der Waals surface area contributed by atoms with E-state index in [1.165, 1.54) is 6.07 Å². The maximum atomic E-state index is 14.1. The molecule has 2 amide bonds. The molecule has 3 unspecified atom stereocenters. The van der Waals surface area contributed by atoms with Crippen molar-refractivity contribution >= 4 is 23.4 Å². The number of benzene rings is 3. The van der Waals surface area contributed by atoms with Gasteiger partial charge in [-0.05, 0) is 60.0 Å². The molecular formula is C36H43ClF3N5O2. The number of hydrogen-bond acceptors (Lipinski definition) is 5. The molecule has 2 heterocycles. The first kappa shape index (κ1) is 34.9. The Hall–Kier alpha value is -3.44. The first-order valence-electron chi connectivity index (χ1n) is 16.3. The van der Waals surface area contributed by atoms with E-state index in [1.54, 1.807) is 29.2 Å². The van der Waals surface area contributed by atoms with E-state index >= 15 is 0 Å². The summed E-state index contributed by atoms with van der Waals surface area (Å²) in [4.78, 5) is 33.5. The summed E-state index contributed by atoms with van der Waals surface area (Å²) in [5.41, 5.74) is 2.74. The second kappa shape index (κ2) is 15.6. The van der Waals surface area contributed by atoms with Gasteiger partial charge in [0, 0.05) is 56.8 Å². The number of nitrogens with zero attached hydrogens (tertiary/aromatic N) is 3. The van der Waals surface area contributed by atoms with E-state index in [1.807, 2.05) is 50.2 Å². The number of piperazine rings is 1. The van der Waals surface area contributed by atoms with Crippen LogP contribution in [-0.2, 0) is 35.2 Å². The van der Waals surface area contributed by atoms with Crippen LogP contribution in [0.15, 0.2) is 72.8 Å². The van der Waals surface area contributed by atoms with Gasteiger partial charge < -0.3 is 20.4 Å². The largest absolute Gasteiger partial charge is 0.416 e. The molecular weight excluding hydrogens is 627 g/mol. The average Bonchev–Trinajstić information content (AvgIpc) is 3.08. The van der Waals surface area contributed by atoms with Gasteiger partial charge in [-0.15, -0.1) is 0 Å². The quantitative estimate of drug-likeness (QED) is 0.289. The lowest BCUT2D eigenvalue weighted by atomic mass is 9.95. The molecule has 3 aromatic carbocycles. The minimum Gasteiger partial charge on any atom is -0.343 e. The molecule has 1 fully saturated rings. The number of fused-ring (bicyclic) bond motifs is 1. The molecule has 252 valence electrons. The van der Waals surface area contributed by atoms with Crippen molar-refractivity contribution in [2.75, 3.05) is 45.8 Å². The Morgan fingerprint density at radius 1 is 0.936 bits per heavy atom. The van der Waals surface area contributed by atoms with E-state index in [9.17, 15) is 22.8 Å². The Bertz CT molecular complexity index is 1510. The van der Waals surface area contributed by atoms with Crippen LogP contribution in [0, 0.1) is 0 Å². The van der Waals surface area contributed by atoms with E-state index < -0.39 is 29.9 Å². The Morgan fingerprint density at radius 2 is 1.57 bits per heavy atom. The van der Waals surface area contributed by atoms with Crippen molar-refractivity contribution in [3.8, 4) is 0 Å². The van der Waals surface area contributed by atoms with E-state index in [2.05, 4.69) is 20.4 Å². The van der Waals surface area contributed by atoms with Crippen molar-refractivity contribution < 1.29 is 22.8 Å². The minimum atomic E-state index is -4.47. The summed E-state index contributed by atoms with van der Waals surface area (Å²) in [7, 11) is 0. The highest BCUT2D eigenvalue weighted by atomic mass is 35.5. The fraction of sp³-hybridized carbons (Fsp3) is 0.444. The van der Waals surface area contributed by atoms with Crippen molar-refractivity contribution in [1.29, 1.82) is 0 Å². The first-order valence-corrected chi connectivity index (χ1v) is 16.7. The minimum absolute atomic E-state index is 0.208. The number of rotatable bonds is 11. The fourth-order valence-corrected chi connectivity index (χ4v) is 6.75. The number of hydrogen-bond donors (Lipinski definition) is 2. The van der Waals surface area contributed by atoms with E-state index in [-0.39, 0.29) is 23.8 Å². The fourth-order valence-electron chi connectivity index (χ4n) is 6.63. The monoisotopic (exact) mass is 669 g/mol. The lowest BCUT2D eigenvalue weighted by Gasteiger charge is -2.42. The number of amides is 2. The molecule has 0 spiro atoms. The van der Waals surface area contributed by atoms with Crippen molar-refractivity contribution in [3.05, 3.63) is 106 Å². The molecule has 0 bridgehead atoms. The molecule has 2 N–H and O–H groups in total. The number of alkyl halides is 3. The van der Waals surface area contributed by atoms with Crippen LogP contribution >= 0.6 is 11.6 Å². The summed E-state index contributed by atoms with van der Waals surface area (Å²) < 4.78 is 42.3. The van der Waals surface area contributed by atoms with Gasteiger partial charge in [-0.3, -0.25) is 14.5 Å². The van der Waals surface area contributed by atoms with Gasteiger partial charge in [-0.2, -0.15) is 13.2 Å². The van der Waals surface area contributed by atoms with Crippen LogP contribution in [0.1, 0.15) is 47.7 Å². The third-order valence-electron chi connectivity index (χ3n) is 9.38. The van der Waals surface area contributed by atoms with Crippen molar-refractivity contribution in [2.24, 2.45) is 0 Å². The maximum absolute atomic E-state index is 14.1. The molecule has 1 saturated heterocycles. The van der Waals surface area contributed by atoms with Gasteiger partial charge in [0.05, 0.1) is 11.6 Å². The van der Waals surface area contributed by atoms with Crippen molar-refractivity contribution in [2.45, 2.75) is 57.5 Å². The summed E-state index contributed by atoms with van der Waals surface area (Å²) in [6.07, 6.45) is -3.66. The highest BCUT2D eigenvalue weighted by Gasteiger charge is 2.38. The predicted molar refractivity (Wildman–Crippen MR) is 178 cm³/mol. The molecule has 3 aromatic rings. The first-order chi connectivity index (χ1) is 22.6. The number of nitrogens with one attached hydrogen (secondary N) is 2. The van der Waals surface area contributed by atoms with Gasteiger partial charge in [-0.25, -0.2) is 0 Å². The normalized spacial score (nSPS) is 18.4. The molecule has 2 aliphatic heterocycles. The van der Waals surface area contributed by atoms with E-state index in [4.69, 9.17) is 11.6 Å². The van der Waals surface area contributed by atoms with Crippen molar-refractivity contribution in [1.82, 2.24) is 25.3 Å². The van der Waals surface area contributed by atoms with Gasteiger partial charge >= 0.3 is 6.18 Å². The maximum Gasteiger partial charge on any atom is 0.416 e. The molecule has 5 rings (SSSR count). The van der Waals surface area contributed by atoms with Gasteiger partial charge in [0.2, 0.25) is 11.8 Å². The third-order valence-corrected chi connectivity index (χ3v) is 9.63. The Balaban J connectivity index is 1.32. The highest BCUT2D eigenvalue weighted by Crippen LogP contribution is 2.37. The molecule has 7 nitrogen and oxygen atoms in total.